The Morgan fingerprint density at radius 2 is 2.29 bits per heavy atom. The molecule has 6 nitrogen and oxygen atoms in total. The topological polar surface area (TPSA) is 71.5 Å². The van der Waals surface area contributed by atoms with Gasteiger partial charge in [-0.05, 0) is 35.0 Å². The average Bonchev–Trinajstić information content (AvgIpc) is 2.31. The second-order valence-corrected chi connectivity index (χ2v) is 4.12. The summed E-state index contributed by atoms with van der Waals surface area (Å²) in [6.45, 7) is 1.80. The predicted molar refractivity (Wildman–Crippen MR) is 68.8 cm³/mol. The number of halogens is 1. The highest BCUT2D eigenvalue weighted by molar-refractivity contribution is 9.10. The zero-order valence-corrected chi connectivity index (χ0v) is 11.4. The van der Waals surface area contributed by atoms with Gasteiger partial charge in [-0.25, -0.2) is 14.6 Å². The van der Waals surface area contributed by atoms with Gasteiger partial charge in [0.1, 0.15) is 5.82 Å². The summed E-state index contributed by atoms with van der Waals surface area (Å²) in [5.41, 5.74) is 0. The van der Waals surface area contributed by atoms with Crippen LogP contribution in [0.3, 0.4) is 0 Å². The highest BCUT2D eigenvalue weighted by Crippen LogP contribution is 2.11. The molecule has 1 N–H and O–H groups in total. The van der Waals surface area contributed by atoms with Gasteiger partial charge in [0.2, 0.25) is 0 Å². The summed E-state index contributed by atoms with van der Waals surface area (Å²) >= 11 is 6.92. The first-order chi connectivity index (χ1) is 8.04. The SMILES string of the molecule is CCOC(=O)N(S)C(=O)Nc1ccc(Br)cn1. The smallest absolute Gasteiger partial charge is 0.428 e. The first kappa shape index (κ1) is 13.8. The van der Waals surface area contributed by atoms with E-state index in [0.29, 0.717) is 10.1 Å². The third-order valence-corrected chi connectivity index (χ3v) is 2.41. The third-order valence-electron chi connectivity index (χ3n) is 1.60. The zero-order valence-electron chi connectivity index (χ0n) is 8.88. The van der Waals surface area contributed by atoms with E-state index in [9.17, 15) is 9.59 Å². The first-order valence-electron chi connectivity index (χ1n) is 4.63. The van der Waals surface area contributed by atoms with Crippen LogP contribution in [-0.2, 0) is 4.74 Å². The van der Waals surface area contributed by atoms with E-state index in [1.54, 1.807) is 19.1 Å². The number of anilines is 1. The van der Waals surface area contributed by atoms with Gasteiger partial charge in [-0.15, -0.1) is 0 Å². The van der Waals surface area contributed by atoms with Gasteiger partial charge in [-0.3, -0.25) is 5.32 Å². The number of pyridine rings is 1. The lowest BCUT2D eigenvalue weighted by molar-refractivity contribution is 0.138. The summed E-state index contributed by atoms with van der Waals surface area (Å²) in [4.78, 5) is 26.6. The van der Waals surface area contributed by atoms with Gasteiger partial charge in [-0.1, -0.05) is 12.8 Å². The number of carbonyl (C=O) groups is 2. The first-order valence-corrected chi connectivity index (χ1v) is 5.82. The molecule has 0 radical (unpaired) electrons. The van der Waals surface area contributed by atoms with Gasteiger partial charge in [0, 0.05) is 10.7 Å². The van der Waals surface area contributed by atoms with Crippen molar-refractivity contribution in [2.24, 2.45) is 0 Å². The molecule has 0 aromatic carbocycles. The number of thiol groups is 1. The minimum atomic E-state index is -0.842. The number of hydrogen-bond donors (Lipinski definition) is 2. The second kappa shape index (κ2) is 6.45. The van der Waals surface area contributed by atoms with Crippen molar-refractivity contribution in [3.05, 3.63) is 22.8 Å². The minimum Gasteiger partial charge on any atom is -0.449 e. The molecule has 0 saturated carbocycles. The Morgan fingerprint density at radius 3 is 2.82 bits per heavy atom. The normalized spacial score (nSPS) is 9.59. The van der Waals surface area contributed by atoms with Crippen molar-refractivity contribution in [1.82, 2.24) is 9.29 Å². The molecule has 1 aromatic rings. The van der Waals surface area contributed by atoms with Gasteiger partial charge in [0.15, 0.2) is 0 Å². The number of nitrogens with one attached hydrogen (secondary N) is 1. The molecule has 0 fully saturated rings. The molecule has 1 heterocycles. The van der Waals surface area contributed by atoms with Gasteiger partial charge < -0.3 is 4.74 Å². The predicted octanol–water partition coefficient (Wildman–Crippen LogP) is 2.68. The minimum absolute atomic E-state index is 0.166. The quantitative estimate of drug-likeness (QED) is 0.822. The van der Waals surface area contributed by atoms with E-state index < -0.39 is 12.1 Å². The highest BCUT2D eigenvalue weighted by Gasteiger charge is 2.19. The molecule has 0 aliphatic heterocycles. The van der Waals surface area contributed by atoms with Crippen LogP contribution in [-0.4, -0.2) is 28.0 Å². The van der Waals surface area contributed by atoms with Crippen molar-refractivity contribution in [1.29, 1.82) is 0 Å². The Hall–Kier alpha value is -1.28. The molecule has 0 bridgehead atoms. The van der Waals surface area contributed by atoms with Gasteiger partial charge in [0.05, 0.1) is 6.61 Å². The lowest BCUT2D eigenvalue weighted by Crippen LogP contribution is -2.33. The van der Waals surface area contributed by atoms with E-state index in [1.807, 2.05) is 0 Å². The maximum absolute atomic E-state index is 11.5. The number of carbonyl (C=O) groups excluding carboxylic acids is 2. The summed E-state index contributed by atoms with van der Waals surface area (Å²) in [5, 5.41) is 2.39. The van der Waals surface area contributed by atoms with Crippen LogP contribution < -0.4 is 5.32 Å². The lowest BCUT2D eigenvalue weighted by atomic mass is 10.5. The largest absolute Gasteiger partial charge is 0.449 e. The van der Waals surface area contributed by atoms with Crippen molar-refractivity contribution in [2.75, 3.05) is 11.9 Å². The molecule has 0 aliphatic rings. The van der Waals surface area contributed by atoms with Crippen molar-refractivity contribution < 1.29 is 14.3 Å². The maximum Gasteiger partial charge on any atom is 0.428 e. The van der Waals surface area contributed by atoms with Gasteiger partial charge in [0.25, 0.3) is 0 Å². The Labute approximate surface area is 112 Å². The fourth-order valence-corrected chi connectivity index (χ4v) is 1.22. The molecule has 92 valence electrons. The fourth-order valence-electron chi connectivity index (χ4n) is 0.880. The number of rotatable bonds is 2. The molecule has 1 aromatic heterocycles. The number of urea groups is 1. The van der Waals surface area contributed by atoms with Crippen molar-refractivity contribution >= 4 is 46.7 Å². The number of imide groups is 1. The summed E-state index contributed by atoms with van der Waals surface area (Å²) < 4.78 is 5.92. The van der Waals surface area contributed by atoms with E-state index in [4.69, 9.17) is 0 Å². The summed E-state index contributed by atoms with van der Waals surface area (Å²) in [5.74, 6) is 0.307. The second-order valence-electron chi connectivity index (χ2n) is 2.80. The molecule has 17 heavy (non-hydrogen) atoms. The summed E-state index contributed by atoms with van der Waals surface area (Å²) in [6, 6.07) is 2.55. The summed E-state index contributed by atoms with van der Waals surface area (Å²) in [7, 11) is 0. The Balaban J connectivity index is 2.59. The van der Waals surface area contributed by atoms with Crippen LogP contribution >= 0.6 is 28.7 Å². The summed E-state index contributed by atoms with van der Waals surface area (Å²) in [6.07, 6.45) is 0.675. The van der Waals surface area contributed by atoms with Gasteiger partial charge in [-0.2, -0.15) is 4.31 Å². The monoisotopic (exact) mass is 319 g/mol. The molecule has 0 aliphatic carbocycles. The molecule has 0 saturated heterocycles. The number of aromatic nitrogens is 1. The van der Waals surface area contributed by atoms with E-state index in [0.717, 1.165) is 4.47 Å². The molecule has 3 amide bonds. The highest BCUT2D eigenvalue weighted by atomic mass is 79.9. The lowest BCUT2D eigenvalue weighted by Gasteiger charge is -2.13. The zero-order chi connectivity index (χ0) is 12.8. The van der Waals surface area contributed by atoms with E-state index >= 15 is 0 Å². The molecular formula is C9H10BrN3O3S. The van der Waals surface area contributed by atoms with Crippen LogP contribution in [0.15, 0.2) is 22.8 Å². The number of ether oxygens (including phenoxy) is 1. The Morgan fingerprint density at radius 1 is 1.59 bits per heavy atom. The molecule has 1 rings (SSSR count). The van der Waals surface area contributed by atoms with Crippen LogP contribution in [0, 0.1) is 0 Å². The van der Waals surface area contributed by atoms with E-state index in [2.05, 4.69) is 43.8 Å². The third kappa shape index (κ3) is 4.23. The molecule has 8 heteroatoms. The van der Waals surface area contributed by atoms with Crippen LogP contribution in [0.4, 0.5) is 15.4 Å². The number of hydrogen-bond acceptors (Lipinski definition) is 5. The molecular weight excluding hydrogens is 310 g/mol. The average molecular weight is 320 g/mol. The molecule has 0 unspecified atom stereocenters. The Bertz CT molecular complexity index is 412. The van der Waals surface area contributed by atoms with Crippen molar-refractivity contribution in [3.8, 4) is 0 Å². The standard InChI is InChI=1S/C9H10BrN3O3S/c1-2-16-9(15)13(17)8(14)12-7-4-3-6(10)5-11-7/h3-5,17H,2H2,1H3,(H,11,12,14). The van der Waals surface area contributed by atoms with E-state index in [1.165, 1.54) is 6.20 Å². The number of nitrogens with zero attached hydrogens (tertiary/aromatic N) is 2. The molecule has 0 spiro atoms. The van der Waals surface area contributed by atoms with E-state index in [-0.39, 0.29) is 6.61 Å². The Kier molecular flexibility index (Phi) is 5.23. The maximum atomic E-state index is 11.5. The van der Waals surface area contributed by atoms with Crippen molar-refractivity contribution in [3.63, 3.8) is 0 Å². The van der Waals surface area contributed by atoms with Crippen LogP contribution in [0.1, 0.15) is 6.92 Å². The van der Waals surface area contributed by atoms with Crippen molar-refractivity contribution in [2.45, 2.75) is 6.92 Å². The fraction of sp³-hybridized carbons (Fsp3) is 0.222. The molecule has 0 atom stereocenters. The van der Waals surface area contributed by atoms with Crippen LogP contribution in [0.25, 0.3) is 0 Å². The van der Waals surface area contributed by atoms with Crippen LogP contribution in [0.2, 0.25) is 0 Å². The number of amides is 3. The van der Waals surface area contributed by atoms with Gasteiger partial charge >= 0.3 is 12.1 Å². The van der Waals surface area contributed by atoms with Crippen LogP contribution in [0.5, 0.6) is 0 Å².